The van der Waals surface area contributed by atoms with Crippen LogP contribution in [0.4, 0.5) is 5.82 Å². The molecular weight excluding hydrogens is 388 g/mol. The van der Waals surface area contributed by atoms with Gasteiger partial charge in [-0.2, -0.15) is 5.10 Å². The number of hydrogen-bond donors (Lipinski definition) is 0. The molecular formula is C24H30N6O. The van der Waals surface area contributed by atoms with Gasteiger partial charge < -0.3 is 9.80 Å². The fourth-order valence-electron chi connectivity index (χ4n) is 4.61. The first-order valence-corrected chi connectivity index (χ1v) is 11.4. The molecule has 0 unspecified atom stereocenters. The minimum atomic E-state index is 0.263. The van der Waals surface area contributed by atoms with Crippen LogP contribution in [0.25, 0.3) is 16.7 Å². The fraction of sp³-hybridized carbons (Fsp3) is 0.500. The number of benzene rings is 1. The van der Waals surface area contributed by atoms with Gasteiger partial charge >= 0.3 is 0 Å². The number of carbonyl (C=O) groups excluding carboxylic acids is 1. The van der Waals surface area contributed by atoms with Crippen LogP contribution in [0.15, 0.2) is 24.3 Å². The van der Waals surface area contributed by atoms with Crippen LogP contribution in [-0.4, -0.2) is 56.7 Å². The van der Waals surface area contributed by atoms with Crippen molar-refractivity contribution in [3.63, 3.8) is 0 Å². The van der Waals surface area contributed by atoms with Crippen molar-refractivity contribution in [1.82, 2.24) is 24.6 Å². The highest BCUT2D eigenvalue weighted by molar-refractivity contribution is 5.91. The van der Waals surface area contributed by atoms with Gasteiger partial charge in [0.25, 0.3) is 0 Å². The third-order valence-corrected chi connectivity index (χ3v) is 6.73. The lowest BCUT2D eigenvalue weighted by atomic mass is 9.84. The number of para-hydroxylation sites is 1. The number of aryl methyl sites for hydroxylation is 3. The van der Waals surface area contributed by atoms with Crippen LogP contribution in [0, 0.1) is 19.8 Å². The van der Waals surface area contributed by atoms with Crippen molar-refractivity contribution in [2.45, 2.75) is 46.5 Å². The first kappa shape index (κ1) is 20.0. The van der Waals surface area contributed by atoms with Gasteiger partial charge in [0, 0.05) is 38.5 Å². The Morgan fingerprint density at radius 2 is 1.81 bits per heavy atom. The number of piperazine rings is 1. The van der Waals surface area contributed by atoms with Gasteiger partial charge in [-0.15, -0.1) is 0 Å². The van der Waals surface area contributed by atoms with Gasteiger partial charge in [-0.05, 0) is 38.3 Å². The van der Waals surface area contributed by atoms with Crippen LogP contribution in [0.1, 0.15) is 43.3 Å². The highest BCUT2D eigenvalue weighted by Crippen LogP contribution is 2.32. The molecule has 162 valence electrons. The SMILES string of the molecule is CCc1nc(N2CCN(C(=O)C3CCC3)CC2)c2c(C)nn(-c3ccccc3C)c2n1. The van der Waals surface area contributed by atoms with Crippen molar-refractivity contribution in [3.05, 3.63) is 41.3 Å². The molecule has 1 saturated heterocycles. The Bertz CT molecular complexity index is 1120. The van der Waals surface area contributed by atoms with E-state index >= 15 is 0 Å². The summed E-state index contributed by atoms with van der Waals surface area (Å²) < 4.78 is 1.96. The van der Waals surface area contributed by atoms with Crippen LogP contribution < -0.4 is 4.90 Å². The largest absolute Gasteiger partial charge is 0.352 e. The van der Waals surface area contributed by atoms with Gasteiger partial charge in [0.05, 0.1) is 16.8 Å². The molecule has 7 nitrogen and oxygen atoms in total. The van der Waals surface area contributed by atoms with E-state index in [-0.39, 0.29) is 5.92 Å². The zero-order valence-corrected chi connectivity index (χ0v) is 18.6. The van der Waals surface area contributed by atoms with Crippen molar-refractivity contribution in [3.8, 4) is 5.69 Å². The molecule has 31 heavy (non-hydrogen) atoms. The lowest BCUT2D eigenvalue weighted by Gasteiger charge is -2.38. The maximum atomic E-state index is 12.7. The molecule has 0 spiro atoms. The number of hydrogen-bond acceptors (Lipinski definition) is 5. The van der Waals surface area contributed by atoms with E-state index in [2.05, 4.69) is 30.9 Å². The number of fused-ring (bicyclic) bond motifs is 1. The molecule has 0 atom stereocenters. The Morgan fingerprint density at radius 1 is 1.06 bits per heavy atom. The van der Waals surface area contributed by atoms with Crippen molar-refractivity contribution in [2.24, 2.45) is 5.92 Å². The quantitative estimate of drug-likeness (QED) is 0.649. The average Bonchev–Trinajstić information content (AvgIpc) is 3.08. The predicted molar refractivity (Wildman–Crippen MR) is 122 cm³/mol. The summed E-state index contributed by atoms with van der Waals surface area (Å²) in [6.07, 6.45) is 4.08. The standard InChI is InChI=1S/C24H30N6O/c1-4-20-25-22(28-12-14-29(15-13-28)24(31)18-9-7-10-18)21-17(3)27-30(23(21)26-20)19-11-6-5-8-16(19)2/h5-6,8,11,18H,4,7,9-10,12-15H2,1-3H3. The van der Waals surface area contributed by atoms with Crippen LogP contribution in [0.3, 0.4) is 0 Å². The maximum absolute atomic E-state index is 12.7. The average molecular weight is 419 g/mol. The zero-order chi connectivity index (χ0) is 21.5. The zero-order valence-electron chi connectivity index (χ0n) is 18.6. The topological polar surface area (TPSA) is 67.2 Å². The normalized spacial score (nSPS) is 17.3. The van der Waals surface area contributed by atoms with Gasteiger partial charge in [0.1, 0.15) is 11.6 Å². The molecule has 1 aromatic carbocycles. The fourth-order valence-corrected chi connectivity index (χ4v) is 4.61. The molecule has 1 aliphatic heterocycles. The second kappa shape index (κ2) is 7.94. The molecule has 5 rings (SSSR count). The van der Waals surface area contributed by atoms with Crippen molar-refractivity contribution >= 4 is 22.8 Å². The van der Waals surface area contributed by atoms with Crippen LogP contribution >= 0.6 is 0 Å². The third kappa shape index (κ3) is 3.46. The van der Waals surface area contributed by atoms with Gasteiger partial charge in [0.15, 0.2) is 5.65 Å². The second-order valence-electron chi connectivity index (χ2n) is 8.74. The summed E-state index contributed by atoms with van der Waals surface area (Å²) in [5, 5.41) is 5.87. The highest BCUT2D eigenvalue weighted by Gasteiger charge is 2.32. The number of rotatable bonds is 4. The Kier molecular flexibility index (Phi) is 5.12. The molecule has 1 saturated carbocycles. The van der Waals surface area contributed by atoms with E-state index in [1.807, 2.05) is 28.6 Å². The monoisotopic (exact) mass is 418 g/mol. The summed E-state index contributed by atoms with van der Waals surface area (Å²) in [5.41, 5.74) is 4.00. The minimum Gasteiger partial charge on any atom is -0.352 e. The first-order chi connectivity index (χ1) is 15.1. The predicted octanol–water partition coefficient (Wildman–Crippen LogP) is 3.44. The van der Waals surface area contributed by atoms with E-state index in [0.29, 0.717) is 5.91 Å². The molecule has 2 aliphatic rings. The van der Waals surface area contributed by atoms with Crippen LogP contribution in [-0.2, 0) is 11.2 Å². The lowest BCUT2D eigenvalue weighted by molar-refractivity contribution is -0.138. The number of nitrogens with zero attached hydrogens (tertiary/aromatic N) is 6. The van der Waals surface area contributed by atoms with E-state index < -0.39 is 0 Å². The molecule has 0 radical (unpaired) electrons. The number of anilines is 1. The van der Waals surface area contributed by atoms with Crippen molar-refractivity contribution in [1.29, 1.82) is 0 Å². The Balaban J connectivity index is 1.51. The number of amides is 1. The third-order valence-electron chi connectivity index (χ3n) is 6.73. The summed E-state index contributed by atoms with van der Waals surface area (Å²) in [4.78, 5) is 26.8. The van der Waals surface area contributed by atoms with Gasteiger partial charge in [-0.3, -0.25) is 4.79 Å². The molecule has 0 bridgehead atoms. The van der Waals surface area contributed by atoms with Gasteiger partial charge in [-0.1, -0.05) is 31.5 Å². The molecule has 2 aromatic heterocycles. The molecule has 0 N–H and O–H groups in total. The summed E-state index contributed by atoms with van der Waals surface area (Å²) in [5.74, 6) is 2.38. The molecule has 3 heterocycles. The van der Waals surface area contributed by atoms with Crippen LogP contribution in [0.2, 0.25) is 0 Å². The van der Waals surface area contributed by atoms with E-state index in [0.717, 1.165) is 85.1 Å². The minimum absolute atomic E-state index is 0.263. The van der Waals surface area contributed by atoms with Crippen molar-refractivity contribution < 1.29 is 4.79 Å². The smallest absolute Gasteiger partial charge is 0.225 e. The molecule has 7 heteroatoms. The lowest BCUT2D eigenvalue weighted by Crippen LogP contribution is -2.51. The van der Waals surface area contributed by atoms with E-state index in [1.54, 1.807) is 0 Å². The van der Waals surface area contributed by atoms with E-state index in [4.69, 9.17) is 15.1 Å². The van der Waals surface area contributed by atoms with Gasteiger partial charge in [-0.25, -0.2) is 14.6 Å². The number of aromatic nitrogens is 4. The molecule has 3 aromatic rings. The molecule has 1 aliphatic carbocycles. The van der Waals surface area contributed by atoms with Gasteiger partial charge in [0.2, 0.25) is 5.91 Å². The maximum Gasteiger partial charge on any atom is 0.225 e. The number of carbonyl (C=O) groups is 1. The molecule has 1 amide bonds. The Labute approximate surface area is 183 Å². The van der Waals surface area contributed by atoms with E-state index in [1.165, 1.54) is 6.42 Å². The highest BCUT2D eigenvalue weighted by atomic mass is 16.2. The van der Waals surface area contributed by atoms with E-state index in [9.17, 15) is 4.79 Å². The van der Waals surface area contributed by atoms with Crippen LogP contribution in [0.5, 0.6) is 0 Å². The van der Waals surface area contributed by atoms with Crippen molar-refractivity contribution in [2.75, 3.05) is 31.1 Å². The first-order valence-electron chi connectivity index (χ1n) is 11.4. The summed E-state index contributed by atoms with van der Waals surface area (Å²) in [6.45, 7) is 9.32. The summed E-state index contributed by atoms with van der Waals surface area (Å²) >= 11 is 0. The second-order valence-corrected chi connectivity index (χ2v) is 8.74. The Morgan fingerprint density at radius 3 is 2.45 bits per heavy atom. The Hall–Kier alpha value is -2.96. The summed E-state index contributed by atoms with van der Waals surface area (Å²) in [6, 6.07) is 8.25. The summed E-state index contributed by atoms with van der Waals surface area (Å²) in [7, 11) is 0. The molecule has 2 fully saturated rings.